The highest BCUT2D eigenvalue weighted by Crippen LogP contribution is 2.25. The van der Waals surface area contributed by atoms with Gasteiger partial charge < -0.3 is 10.2 Å². The van der Waals surface area contributed by atoms with Gasteiger partial charge in [-0.05, 0) is 51.3 Å². The molecule has 3 heteroatoms. The van der Waals surface area contributed by atoms with Gasteiger partial charge in [0.25, 0.3) is 5.91 Å². The Morgan fingerprint density at radius 1 is 1.21 bits per heavy atom. The fourth-order valence-electron chi connectivity index (χ4n) is 3.51. The lowest BCUT2D eigenvalue weighted by Gasteiger charge is -2.35. The number of hydrogen-bond donors (Lipinski definition) is 1. The summed E-state index contributed by atoms with van der Waals surface area (Å²) in [6.45, 7) is 7.03. The Kier molecular flexibility index (Phi) is 3.31. The van der Waals surface area contributed by atoms with Gasteiger partial charge in [-0.25, -0.2) is 0 Å². The topological polar surface area (TPSA) is 32.3 Å². The van der Waals surface area contributed by atoms with Crippen LogP contribution in [0, 0.1) is 19.8 Å². The third-order valence-corrected chi connectivity index (χ3v) is 4.41. The van der Waals surface area contributed by atoms with Crippen molar-refractivity contribution in [2.45, 2.75) is 32.7 Å². The van der Waals surface area contributed by atoms with E-state index in [0.29, 0.717) is 12.0 Å². The first kappa shape index (κ1) is 12.7. The molecule has 19 heavy (non-hydrogen) atoms. The van der Waals surface area contributed by atoms with E-state index in [1.807, 2.05) is 17.0 Å². The molecule has 2 unspecified atom stereocenters. The highest BCUT2D eigenvalue weighted by atomic mass is 16.2. The monoisotopic (exact) mass is 258 g/mol. The van der Waals surface area contributed by atoms with Gasteiger partial charge in [0.2, 0.25) is 0 Å². The van der Waals surface area contributed by atoms with Gasteiger partial charge in [-0.3, -0.25) is 4.79 Å². The van der Waals surface area contributed by atoms with Crippen LogP contribution in [0.3, 0.4) is 0 Å². The van der Waals surface area contributed by atoms with E-state index in [1.165, 1.54) is 17.5 Å². The van der Waals surface area contributed by atoms with Gasteiger partial charge in [-0.1, -0.05) is 17.2 Å². The molecule has 1 aromatic carbocycles. The molecule has 1 aromatic rings. The minimum atomic E-state index is 0.206. The predicted molar refractivity (Wildman–Crippen MR) is 76.3 cm³/mol. The Balaban J connectivity index is 1.76. The van der Waals surface area contributed by atoms with Crippen molar-refractivity contribution in [1.29, 1.82) is 0 Å². The lowest BCUT2D eigenvalue weighted by atomic mass is 9.93. The lowest BCUT2D eigenvalue weighted by Crippen LogP contribution is -2.46. The molecule has 1 amide bonds. The van der Waals surface area contributed by atoms with Crippen LogP contribution in [0.5, 0.6) is 0 Å². The fraction of sp³-hybridized carbons (Fsp3) is 0.562. The third kappa shape index (κ3) is 2.52. The molecule has 2 atom stereocenters. The number of amides is 1. The van der Waals surface area contributed by atoms with E-state index < -0.39 is 0 Å². The average molecular weight is 258 g/mol. The summed E-state index contributed by atoms with van der Waals surface area (Å²) in [4.78, 5) is 14.6. The van der Waals surface area contributed by atoms with Gasteiger partial charge >= 0.3 is 0 Å². The average Bonchev–Trinajstić information content (AvgIpc) is 2.83. The molecule has 2 heterocycles. The van der Waals surface area contributed by atoms with Crippen LogP contribution in [0.25, 0.3) is 0 Å². The van der Waals surface area contributed by atoms with Crippen molar-refractivity contribution in [1.82, 2.24) is 10.2 Å². The molecule has 3 rings (SSSR count). The first-order chi connectivity index (χ1) is 9.13. The van der Waals surface area contributed by atoms with Crippen LogP contribution in [0.2, 0.25) is 0 Å². The van der Waals surface area contributed by atoms with Crippen LogP contribution in [0.15, 0.2) is 18.2 Å². The third-order valence-electron chi connectivity index (χ3n) is 4.41. The van der Waals surface area contributed by atoms with Crippen molar-refractivity contribution in [2.75, 3.05) is 19.6 Å². The highest BCUT2D eigenvalue weighted by molar-refractivity contribution is 5.94. The van der Waals surface area contributed by atoms with Crippen LogP contribution in [0.1, 0.15) is 34.3 Å². The van der Waals surface area contributed by atoms with Crippen molar-refractivity contribution < 1.29 is 4.79 Å². The second kappa shape index (κ2) is 4.97. The molecule has 0 saturated carbocycles. The standard InChI is InChI=1S/C16H22N2O/c1-11-7-12(2)9-14(8-11)16(19)18-6-4-15-13(10-18)3-5-17-15/h7-9,13,15,17H,3-6,10H2,1-2H3. The van der Waals surface area contributed by atoms with Gasteiger partial charge in [0.05, 0.1) is 0 Å². The Bertz CT molecular complexity index is 477. The maximum atomic E-state index is 12.6. The van der Waals surface area contributed by atoms with Gasteiger partial charge in [-0.2, -0.15) is 0 Å². The Morgan fingerprint density at radius 3 is 2.68 bits per heavy atom. The Morgan fingerprint density at radius 2 is 1.95 bits per heavy atom. The van der Waals surface area contributed by atoms with Gasteiger partial charge in [-0.15, -0.1) is 0 Å². The summed E-state index contributed by atoms with van der Waals surface area (Å²) in [7, 11) is 0. The molecular weight excluding hydrogens is 236 g/mol. The van der Waals surface area contributed by atoms with Crippen molar-refractivity contribution in [3.63, 3.8) is 0 Å². The molecular formula is C16H22N2O. The van der Waals surface area contributed by atoms with E-state index in [0.717, 1.165) is 31.6 Å². The number of likely N-dealkylation sites (tertiary alicyclic amines) is 1. The summed E-state index contributed by atoms with van der Waals surface area (Å²) in [5, 5.41) is 3.54. The SMILES string of the molecule is Cc1cc(C)cc(C(=O)N2CCC3NCCC3C2)c1. The van der Waals surface area contributed by atoms with E-state index in [4.69, 9.17) is 0 Å². The smallest absolute Gasteiger partial charge is 0.253 e. The first-order valence-corrected chi connectivity index (χ1v) is 7.24. The molecule has 2 saturated heterocycles. The van der Waals surface area contributed by atoms with E-state index in [9.17, 15) is 4.79 Å². The number of aryl methyl sites for hydroxylation is 2. The van der Waals surface area contributed by atoms with Crippen LogP contribution in [-0.2, 0) is 0 Å². The van der Waals surface area contributed by atoms with Crippen LogP contribution < -0.4 is 5.32 Å². The molecule has 2 aliphatic heterocycles. The molecule has 102 valence electrons. The van der Waals surface area contributed by atoms with Gasteiger partial charge in [0.1, 0.15) is 0 Å². The normalized spacial score (nSPS) is 26.3. The second-order valence-electron chi connectivity index (χ2n) is 6.03. The van der Waals surface area contributed by atoms with Crippen molar-refractivity contribution in [3.05, 3.63) is 34.9 Å². The maximum Gasteiger partial charge on any atom is 0.253 e. The van der Waals surface area contributed by atoms with Crippen LogP contribution in [-0.4, -0.2) is 36.5 Å². The van der Waals surface area contributed by atoms with Crippen molar-refractivity contribution in [3.8, 4) is 0 Å². The van der Waals surface area contributed by atoms with Crippen LogP contribution in [0.4, 0.5) is 0 Å². The highest BCUT2D eigenvalue weighted by Gasteiger charge is 2.34. The summed E-state index contributed by atoms with van der Waals surface area (Å²) < 4.78 is 0. The summed E-state index contributed by atoms with van der Waals surface area (Å²) in [5.74, 6) is 0.862. The molecule has 0 spiro atoms. The number of piperidine rings is 1. The second-order valence-corrected chi connectivity index (χ2v) is 6.03. The minimum Gasteiger partial charge on any atom is -0.338 e. The number of benzene rings is 1. The lowest BCUT2D eigenvalue weighted by molar-refractivity contribution is 0.0662. The van der Waals surface area contributed by atoms with E-state index in [2.05, 4.69) is 25.2 Å². The first-order valence-electron chi connectivity index (χ1n) is 7.24. The zero-order valence-corrected chi connectivity index (χ0v) is 11.8. The molecule has 0 aliphatic carbocycles. The molecule has 0 radical (unpaired) electrons. The largest absolute Gasteiger partial charge is 0.338 e. The minimum absolute atomic E-state index is 0.206. The van der Waals surface area contributed by atoms with E-state index in [-0.39, 0.29) is 5.91 Å². The quantitative estimate of drug-likeness (QED) is 0.837. The number of nitrogens with one attached hydrogen (secondary N) is 1. The fourth-order valence-corrected chi connectivity index (χ4v) is 3.51. The summed E-state index contributed by atoms with van der Waals surface area (Å²) in [5.41, 5.74) is 3.18. The Labute approximate surface area is 115 Å². The molecule has 1 N–H and O–H groups in total. The summed E-state index contributed by atoms with van der Waals surface area (Å²) in [6.07, 6.45) is 2.31. The summed E-state index contributed by atoms with van der Waals surface area (Å²) >= 11 is 0. The molecule has 0 aromatic heterocycles. The molecule has 3 nitrogen and oxygen atoms in total. The Hall–Kier alpha value is -1.35. The summed E-state index contributed by atoms with van der Waals surface area (Å²) in [6, 6.07) is 6.77. The van der Waals surface area contributed by atoms with Gasteiger partial charge in [0.15, 0.2) is 0 Å². The molecule has 2 aliphatic rings. The number of fused-ring (bicyclic) bond motifs is 1. The number of nitrogens with zero attached hydrogens (tertiary/aromatic N) is 1. The van der Waals surface area contributed by atoms with E-state index in [1.54, 1.807) is 0 Å². The zero-order valence-electron chi connectivity index (χ0n) is 11.8. The van der Waals surface area contributed by atoms with Crippen LogP contribution >= 0.6 is 0 Å². The molecule has 0 bridgehead atoms. The number of hydrogen-bond acceptors (Lipinski definition) is 2. The zero-order chi connectivity index (χ0) is 13.4. The number of carbonyl (C=O) groups excluding carboxylic acids is 1. The number of carbonyl (C=O) groups is 1. The predicted octanol–water partition coefficient (Wildman–Crippen LogP) is 2.13. The number of rotatable bonds is 1. The maximum absolute atomic E-state index is 12.6. The van der Waals surface area contributed by atoms with Crippen molar-refractivity contribution in [2.24, 2.45) is 5.92 Å². The van der Waals surface area contributed by atoms with E-state index >= 15 is 0 Å². The van der Waals surface area contributed by atoms with Gasteiger partial charge in [0, 0.05) is 24.7 Å². The molecule has 2 fully saturated rings. The van der Waals surface area contributed by atoms with Crippen molar-refractivity contribution >= 4 is 5.91 Å².